The molecule has 8 heteroatoms. The minimum atomic E-state index is -0.449. The highest BCUT2D eigenvalue weighted by Crippen LogP contribution is 2.25. The summed E-state index contributed by atoms with van der Waals surface area (Å²) in [7, 11) is 0. The molecule has 2 unspecified atom stereocenters. The van der Waals surface area contributed by atoms with Gasteiger partial charge in [0, 0.05) is 36.6 Å². The van der Waals surface area contributed by atoms with Crippen LogP contribution in [0.3, 0.4) is 0 Å². The van der Waals surface area contributed by atoms with Crippen molar-refractivity contribution in [2.75, 3.05) is 19.6 Å². The highest BCUT2D eigenvalue weighted by Gasteiger charge is 2.26. The minimum Gasteiger partial charge on any atom is -0.463 e. The normalized spacial score (nSPS) is 19.3. The zero-order valence-corrected chi connectivity index (χ0v) is 15.2. The van der Waals surface area contributed by atoms with Gasteiger partial charge in [-0.3, -0.25) is 4.79 Å². The molecule has 7 nitrogen and oxygen atoms in total. The van der Waals surface area contributed by atoms with Crippen molar-refractivity contribution < 1.29 is 14.3 Å². The fourth-order valence-electron chi connectivity index (χ4n) is 3.11. The number of nitrogens with zero attached hydrogens (tertiary/aromatic N) is 2. The molecule has 0 bridgehead atoms. The summed E-state index contributed by atoms with van der Waals surface area (Å²) in [4.78, 5) is 12.6. The summed E-state index contributed by atoms with van der Waals surface area (Å²) in [6, 6.07) is 12.5. The van der Waals surface area contributed by atoms with Gasteiger partial charge in [0.15, 0.2) is 11.5 Å². The molecule has 1 aromatic carbocycles. The number of nitrogens with one attached hydrogen (secondary N) is 2. The number of benzene rings is 1. The first kappa shape index (κ1) is 17.8. The van der Waals surface area contributed by atoms with E-state index in [1.807, 2.05) is 18.2 Å². The maximum atomic E-state index is 12.6. The van der Waals surface area contributed by atoms with Crippen molar-refractivity contribution in [2.45, 2.75) is 6.10 Å². The summed E-state index contributed by atoms with van der Waals surface area (Å²) < 4.78 is 7.14. The van der Waals surface area contributed by atoms with E-state index in [1.54, 1.807) is 35.2 Å². The standard InChI is InChI=1S/C19H19ClN4O3/c20-13-3-5-14(6-4-13)24-16(18-2-1-7-27-18)8-15(23-24)19(26)22-10-12-9-21-11-17(12)25/h1-8,12,17,21,25H,9-11H2,(H,22,26). The zero-order valence-electron chi connectivity index (χ0n) is 14.4. The Kier molecular flexibility index (Phi) is 4.98. The summed E-state index contributed by atoms with van der Waals surface area (Å²) in [6.07, 6.45) is 1.12. The number of hydrogen-bond acceptors (Lipinski definition) is 5. The molecule has 2 aromatic heterocycles. The molecule has 2 atom stereocenters. The van der Waals surface area contributed by atoms with Crippen LogP contribution >= 0.6 is 11.6 Å². The molecule has 1 aliphatic heterocycles. The zero-order chi connectivity index (χ0) is 18.8. The largest absolute Gasteiger partial charge is 0.463 e. The van der Waals surface area contributed by atoms with Crippen LogP contribution in [0.4, 0.5) is 0 Å². The van der Waals surface area contributed by atoms with E-state index in [0.29, 0.717) is 36.1 Å². The molecule has 1 amide bonds. The number of β-amino-alcohol motifs (C(OH)–C–C–N with tert-alkyl or cyclic N) is 1. The van der Waals surface area contributed by atoms with Crippen molar-refractivity contribution in [1.29, 1.82) is 0 Å². The lowest BCUT2D eigenvalue weighted by Gasteiger charge is -2.13. The molecule has 1 saturated heterocycles. The van der Waals surface area contributed by atoms with E-state index < -0.39 is 6.10 Å². The number of aliphatic hydroxyl groups excluding tert-OH is 1. The van der Waals surface area contributed by atoms with Crippen molar-refractivity contribution in [3.63, 3.8) is 0 Å². The first-order chi connectivity index (χ1) is 13.1. The van der Waals surface area contributed by atoms with Crippen LogP contribution in [0.15, 0.2) is 53.1 Å². The highest BCUT2D eigenvalue weighted by atomic mass is 35.5. The molecule has 3 aromatic rings. The van der Waals surface area contributed by atoms with Crippen LogP contribution in [-0.4, -0.2) is 46.5 Å². The number of aliphatic hydroxyl groups is 1. The summed E-state index contributed by atoms with van der Waals surface area (Å²) in [5.41, 5.74) is 1.70. The van der Waals surface area contributed by atoms with Crippen LogP contribution in [0, 0.1) is 5.92 Å². The Balaban J connectivity index is 1.60. The van der Waals surface area contributed by atoms with E-state index in [0.717, 1.165) is 5.69 Å². The molecule has 1 aliphatic rings. The van der Waals surface area contributed by atoms with Crippen molar-refractivity contribution in [3.05, 3.63) is 59.4 Å². The molecule has 4 rings (SSSR count). The van der Waals surface area contributed by atoms with Crippen molar-refractivity contribution in [2.24, 2.45) is 5.92 Å². The smallest absolute Gasteiger partial charge is 0.271 e. The van der Waals surface area contributed by atoms with Gasteiger partial charge in [-0.15, -0.1) is 0 Å². The number of furan rings is 1. The minimum absolute atomic E-state index is 0.00292. The third-order valence-electron chi connectivity index (χ3n) is 4.62. The maximum absolute atomic E-state index is 12.6. The van der Waals surface area contributed by atoms with Gasteiger partial charge in [0.05, 0.1) is 18.1 Å². The number of rotatable bonds is 5. The number of carbonyl (C=O) groups excluding carboxylic acids is 1. The van der Waals surface area contributed by atoms with Crippen LogP contribution in [0.5, 0.6) is 0 Å². The Hall–Kier alpha value is -2.61. The van der Waals surface area contributed by atoms with E-state index in [9.17, 15) is 9.90 Å². The van der Waals surface area contributed by atoms with Gasteiger partial charge in [0.1, 0.15) is 5.69 Å². The summed E-state index contributed by atoms with van der Waals surface area (Å²) in [6.45, 7) is 1.61. The molecule has 27 heavy (non-hydrogen) atoms. The van der Waals surface area contributed by atoms with Gasteiger partial charge in [-0.25, -0.2) is 4.68 Å². The molecule has 0 saturated carbocycles. The van der Waals surface area contributed by atoms with Gasteiger partial charge in [-0.05, 0) is 36.4 Å². The van der Waals surface area contributed by atoms with Gasteiger partial charge in [-0.2, -0.15) is 5.10 Å². The molecule has 0 aliphatic carbocycles. The predicted molar refractivity (Wildman–Crippen MR) is 101 cm³/mol. The van der Waals surface area contributed by atoms with Gasteiger partial charge >= 0.3 is 0 Å². The lowest BCUT2D eigenvalue weighted by atomic mass is 10.1. The lowest BCUT2D eigenvalue weighted by Crippen LogP contribution is -2.34. The van der Waals surface area contributed by atoms with Crippen molar-refractivity contribution in [3.8, 4) is 17.1 Å². The van der Waals surface area contributed by atoms with E-state index in [1.165, 1.54) is 0 Å². The van der Waals surface area contributed by atoms with Gasteiger partial charge in [0.2, 0.25) is 0 Å². The topological polar surface area (TPSA) is 92.3 Å². The molecular weight excluding hydrogens is 368 g/mol. The third kappa shape index (κ3) is 3.75. The lowest BCUT2D eigenvalue weighted by molar-refractivity contribution is 0.0921. The van der Waals surface area contributed by atoms with E-state index in [4.69, 9.17) is 16.0 Å². The van der Waals surface area contributed by atoms with Gasteiger partial charge in [-0.1, -0.05) is 11.6 Å². The average molecular weight is 387 g/mol. The highest BCUT2D eigenvalue weighted by molar-refractivity contribution is 6.30. The molecule has 140 valence electrons. The molecule has 1 fully saturated rings. The first-order valence-corrected chi connectivity index (χ1v) is 9.06. The number of amides is 1. The quantitative estimate of drug-likeness (QED) is 0.624. The van der Waals surface area contributed by atoms with Crippen LogP contribution in [0.2, 0.25) is 5.02 Å². The molecule has 3 heterocycles. The molecule has 0 spiro atoms. The molecular formula is C19H19ClN4O3. The van der Waals surface area contributed by atoms with Crippen molar-refractivity contribution >= 4 is 17.5 Å². The number of hydrogen-bond donors (Lipinski definition) is 3. The fourth-order valence-corrected chi connectivity index (χ4v) is 3.24. The summed E-state index contributed by atoms with van der Waals surface area (Å²) >= 11 is 5.97. The number of halogens is 1. The summed E-state index contributed by atoms with van der Waals surface area (Å²) in [5, 5.41) is 20.9. The Labute approximate surface area is 160 Å². The third-order valence-corrected chi connectivity index (χ3v) is 4.87. The van der Waals surface area contributed by atoms with E-state index in [-0.39, 0.29) is 17.5 Å². The van der Waals surface area contributed by atoms with Crippen LogP contribution < -0.4 is 10.6 Å². The average Bonchev–Trinajstić information content (AvgIpc) is 3.41. The second-order valence-corrected chi connectivity index (χ2v) is 6.91. The predicted octanol–water partition coefficient (Wildman–Crippen LogP) is 2.10. The SMILES string of the molecule is O=C(NCC1CNCC1O)c1cc(-c2ccco2)n(-c2ccc(Cl)cc2)n1. The second kappa shape index (κ2) is 7.56. The number of aromatic nitrogens is 2. The summed E-state index contributed by atoms with van der Waals surface area (Å²) in [5.74, 6) is 0.304. The second-order valence-electron chi connectivity index (χ2n) is 6.48. The maximum Gasteiger partial charge on any atom is 0.271 e. The van der Waals surface area contributed by atoms with Crippen LogP contribution in [0.25, 0.3) is 17.1 Å². The van der Waals surface area contributed by atoms with E-state index in [2.05, 4.69) is 15.7 Å². The Morgan fingerprint density at radius 1 is 1.33 bits per heavy atom. The molecule has 0 radical (unpaired) electrons. The van der Waals surface area contributed by atoms with Gasteiger partial charge < -0.3 is 20.2 Å². The Morgan fingerprint density at radius 2 is 2.15 bits per heavy atom. The van der Waals surface area contributed by atoms with Gasteiger partial charge in [0.25, 0.3) is 5.91 Å². The van der Waals surface area contributed by atoms with E-state index >= 15 is 0 Å². The van der Waals surface area contributed by atoms with Crippen LogP contribution in [-0.2, 0) is 0 Å². The fraction of sp³-hybridized carbons (Fsp3) is 0.263. The number of carbonyl (C=O) groups is 1. The van der Waals surface area contributed by atoms with Crippen LogP contribution in [0.1, 0.15) is 10.5 Å². The molecule has 3 N–H and O–H groups in total. The monoisotopic (exact) mass is 386 g/mol. The van der Waals surface area contributed by atoms with Crippen molar-refractivity contribution in [1.82, 2.24) is 20.4 Å². The first-order valence-electron chi connectivity index (χ1n) is 8.68. The Morgan fingerprint density at radius 3 is 2.81 bits per heavy atom. The Bertz CT molecular complexity index is 921.